The molecule has 0 aliphatic carbocycles. The summed E-state index contributed by atoms with van der Waals surface area (Å²) in [5, 5.41) is 3.73. The van der Waals surface area contributed by atoms with Crippen molar-refractivity contribution in [3.63, 3.8) is 0 Å². The molecule has 1 aromatic heterocycles. The minimum absolute atomic E-state index is 0.0830. The molecule has 2 heterocycles. The number of carbonyl (C=O) groups is 2. The molecule has 1 N–H and O–H groups in total. The summed E-state index contributed by atoms with van der Waals surface area (Å²) in [7, 11) is 1.53. The van der Waals surface area contributed by atoms with Gasteiger partial charge in [-0.25, -0.2) is 0 Å². The van der Waals surface area contributed by atoms with Crippen LogP contribution in [0, 0.1) is 11.8 Å². The van der Waals surface area contributed by atoms with Crippen LogP contribution in [0.3, 0.4) is 0 Å². The molecule has 1 aliphatic heterocycles. The Labute approximate surface area is 193 Å². The van der Waals surface area contributed by atoms with Crippen molar-refractivity contribution in [1.29, 1.82) is 0 Å². The van der Waals surface area contributed by atoms with E-state index in [1.165, 1.54) is 17.9 Å². The predicted octanol–water partition coefficient (Wildman–Crippen LogP) is 3.23. The minimum Gasteiger partial charge on any atom is -0.495 e. The van der Waals surface area contributed by atoms with E-state index in [0.717, 1.165) is 6.42 Å². The number of nitrogens with zero attached hydrogens (tertiary/aromatic N) is 2. The van der Waals surface area contributed by atoms with Crippen molar-refractivity contribution in [2.45, 2.75) is 20.3 Å². The highest BCUT2D eigenvalue weighted by molar-refractivity contribution is 6.07. The van der Waals surface area contributed by atoms with Gasteiger partial charge in [0.25, 0.3) is 11.5 Å². The highest BCUT2D eigenvalue weighted by atomic mass is 16.5. The van der Waals surface area contributed by atoms with Crippen LogP contribution in [0.25, 0.3) is 16.5 Å². The number of benzene rings is 2. The number of pyridine rings is 1. The number of para-hydroxylation sites is 2. The fourth-order valence-electron chi connectivity index (χ4n) is 4.71. The largest absolute Gasteiger partial charge is 0.495 e. The van der Waals surface area contributed by atoms with Crippen molar-refractivity contribution in [1.82, 2.24) is 14.8 Å². The van der Waals surface area contributed by atoms with E-state index in [4.69, 9.17) is 4.74 Å². The number of carbonyl (C=O) groups excluding carboxylic acids is 2. The van der Waals surface area contributed by atoms with Crippen molar-refractivity contribution < 1.29 is 14.3 Å². The van der Waals surface area contributed by atoms with Crippen LogP contribution in [0.15, 0.2) is 59.5 Å². The number of fused-ring (bicyclic) bond motifs is 1. The van der Waals surface area contributed by atoms with Gasteiger partial charge in [-0.05, 0) is 36.5 Å². The summed E-state index contributed by atoms with van der Waals surface area (Å²) in [6.45, 7) is 5.62. The molecule has 0 saturated carbocycles. The number of nitrogens with one attached hydrogen (secondary N) is 1. The van der Waals surface area contributed by atoms with Crippen LogP contribution in [0.5, 0.6) is 5.75 Å². The number of piperidine rings is 1. The number of rotatable bonds is 5. The van der Waals surface area contributed by atoms with Crippen molar-refractivity contribution >= 4 is 22.6 Å². The van der Waals surface area contributed by atoms with E-state index in [2.05, 4.69) is 19.2 Å². The molecule has 7 heteroatoms. The summed E-state index contributed by atoms with van der Waals surface area (Å²) in [6.07, 6.45) is 2.62. The average molecular weight is 448 g/mol. The maximum absolute atomic E-state index is 13.2. The molecule has 0 radical (unpaired) electrons. The quantitative estimate of drug-likeness (QED) is 0.651. The van der Waals surface area contributed by atoms with Crippen LogP contribution in [0.2, 0.25) is 0 Å². The van der Waals surface area contributed by atoms with E-state index in [0.29, 0.717) is 52.7 Å². The number of likely N-dealkylation sites (tertiary alicyclic amines) is 1. The monoisotopic (exact) mass is 447 g/mol. The van der Waals surface area contributed by atoms with Gasteiger partial charge in [-0.2, -0.15) is 0 Å². The minimum atomic E-state index is -0.402. The Morgan fingerprint density at radius 1 is 1.00 bits per heavy atom. The Hall–Kier alpha value is -3.61. The van der Waals surface area contributed by atoms with Gasteiger partial charge in [-0.3, -0.25) is 19.0 Å². The maximum atomic E-state index is 13.2. The van der Waals surface area contributed by atoms with Gasteiger partial charge in [0, 0.05) is 30.1 Å². The summed E-state index contributed by atoms with van der Waals surface area (Å²) in [6, 6.07) is 14.1. The second kappa shape index (κ2) is 9.48. The third-order valence-electron chi connectivity index (χ3n) is 6.14. The Kier molecular flexibility index (Phi) is 6.49. The number of methoxy groups -OCH3 is 1. The van der Waals surface area contributed by atoms with Gasteiger partial charge in [-0.15, -0.1) is 0 Å². The SMILES string of the molecule is COc1ccccc1-n1cc(C(=O)NCC(=O)N2CC(C)CC(C)C2)c2ccccc2c1=O. The molecule has 2 amide bonds. The molecule has 4 rings (SSSR count). The normalized spacial score (nSPS) is 18.2. The number of hydrogen-bond donors (Lipinski definition) is 1. The lowest BCUT2D eigenvalue weighted by atomic mass is 9.92. The highest BCUT2D eigenvalue weighted by Gasteiger charge is 2.26. The molecule has 1 saturated heterocycles. The zero-order valence-electron chi connectivity index (χ0n) is 19.2. The third-order valence-corrected chi connectivity index (χ3v) is 6.14. The molecule has 0 bridgehead atoms. The fourth-order valence-corrected chi connectivity index (χ4v) is 4.71. The first-order valence-corrected chi connectivity index (χ1v) is 11.2. The van der Waals surface area contributed by atoms with Crippen LogP contribution in [-0.4, -0.2) is 48.0 Å². The molecule has 3 aromatic rings. The van der Waals surface area contributed by atoms with Crippen LogP contribution >= 0.6 is 0 Å². The lowest BCUT2D eigenvalue weighted by Crippen LogP contribution is -2.47. The van der Waals surface area contributed by atoms with Crippen molar-refractivity contribution in [2.24, 2.45) is 11.8 Å². The lowest BCUT2D eigenvalue weighted by Gasteiger charge is -2.35. The van der Waals surface area contributed by atoms with Gasteiger partial charge in [0.15, 0.2) is 0 Å². The van der Waals surface area contributed by atoms with Crippen LogP contribution in [0.1, 0.15) is 30.6 Å². The third kappa shape index (κ3) is 4.62. The summed E-state index contributed by atoms with van der Waals surface area (Å²) in [5.74, 6) is 0.915. The first-order chi connectivity index (χ1) is 15.9. The van der Waals surface area contributed by atoms with Crippen LogP contribution in [0.4, 0.5) is 0 Å². The Bertz CT molecular complexity index is 1240. The van der Waals surface area contributed by atoms with Gasteiger partial charge in [0.05, 0.1) is 24.9 Å². The Balaban J connectivity index is 1.66. The van der Waals surface area contributed by atoms with Gasteiger partial charge in [0.2, 0.25) is 5.91 Å². The molecule has 0 spiro atoms. The average Bonchev–Trinajstić information content (AvgIpc) is 2.82. The molecular formula is C26H29N3O4. The molecule has 1 aliphatic rings. The summed E-state index contributed by atoms with van der Waals surface area (Å²) in [4.78, 5) is 41.0. The number of amides is 2. The molecule has 2 aromatic carbocycles. The summed E-state index contributed by atoms with van der Waals surface area (Å²) < 4.78 is 6.84. The van der Waals surface area contributed by atoms with E-state index in [1.807, 2.05) is 11.0 Å². The predicted molar refractivity (Wildman–Crippen MR) is 128 cm³/mol. The van der Waals surface area contributed by atoms with Crippen LogP contribution < -0.4 is 15.6 Å². The molecule has 172 valence electrons. The number of aromatic nitrogens is 1. The zero-order valence-corrected chi connectivity index (χ0v) is 19.2. The van der Waals surface area contributed by atoms with E-state index >= 15 is 0 Å². The summed E-state index contributed by atoms with van der Waals surface area (Å²) in [5.41, 5.74) is 0.612. The van der Waals surface area contributed by atoms with E-state index < -0.39 is 5.91 Å². The summed E-state index contributed by atoms with van der Waals surface area (Å²) >= 11 is 0. The Morgan fingerprint density at radius 2 is 1.64 bits per heavy atom. The maximum Gasteiger partial charge on any atom is 0.263 e. The fraction of sp³-hybridized carbons (Fsp3) is 0.346. The van der Waals surface area contributed by atoms with Gasteiger partial charge in [0.1, 0.15) is 5.75 Å². The highest BCUT2D eigenvalue weighted by Crippen LogP contribution is 2.24. The van der Waals surface area contributed by atoms with Gasteiger partial charge >= 0.3 is 0 Å². The lowest BCUT2D eigenvalue weighted by molar-refractivity contribution is -0.132. The van der Waals surface area contributed by atoms with Gasteiger partial charge < -0.3 is 15.0 Å². The van der Waals surface area contributed by atoms with Crippen molar-refractivity contribution in [3.05, 3.63) is 70.6 Å². The Morgan fingerprint density at radius 3 is 2.33 bits per heavy atom. The number of ether oxygens (including phenoxy) is 1. The second-order valence-electron chi connectivity index (χ2n) is 8.86. The molecule has 1 fully saturated rings. The topological polar surface area (TPSA) is 80.6 Å². The van der Waals surface area contributed by atoms with Crippen LogP contribution in [-0.2, 0) is 4.79 Å². The van der Waals surface area contributed by atoms with Crippen molar-refractivity contribution in [3.8, 4) is 11.4 Å². The zero-order chi connectivity index (χ0) is 23.5. The van der Waals surface area contributed by atoms with Gasteiger partial charge in [-0.1, -0.05) is 44.2 Å². The molecule has 2 unspecified atom stereocenters. The first kappa shape index (κ1) is 22.6. The smallest absolute Gasteiger partial charge is 0.263 e. The standard InChI is InChI=1S/C26H29N3O4/c1-17-12-18(2)15-28(14-17)24(30)13-27-25(31)21-16-29(22-10-6-7-11-23(22)33-3)26(32)20-9-5-4-8-19(20)21/h4-11,16-18H,12-15H2,1-3H3,(H,27,31). The molecule has 33 heavy (non-hydrogen) atoms. The van der Waals surface area contributed by atoms with E-state index in [-0.39, 0.29) is 18.0 Å². The molecule has 7 nitrogen and oxygen atoms in total. The molecular weight excluding hydrogens is 418 g/mol. The molecule has 2 atom stereocenters. The number of hydrogen-bond acceptors (Lipinski definition) is 4. The van der Waals surface area contributed by atoms with E-state index in [1.54, 1.807) is 42.5 Å². The van der Waals surface area contributed by atoms with Crippen molar-refractivity contribution in [2.75, 3.05) is 26.7 Å². The second-order valence-corrected chi connectivity index (χ2v) is 8.86. The first-order valence-electron chi connectivity index (χ1n) is 11.2. The van der Waals surface area contributed by atoms with E-state index in [9.17, 15) is 14.4 Å².